The fraction of sp³-hybridized carbons (Fsp3) is 0.130. The van der Waals surface area contributed by atoms with Crippen molar-refractivity contribution in [3.05, 3.63) is 96.9 Å². The van der Waals surface area contributed by atoms with E-state index < -0.39 is 11.8 Å². The quantitative estimate of drug-likeness (QED) is 0.398. The Bertz CT molecular complexity index is 1130. The minimum Gasteiger partial charge on any atom is -0.496 e. The van der Waals surface area contributed by atoms with Crippen LogP contribution in [-0.2, 0) is 13.1 Å². The standard InChI is InChI=1S/C23H18Cl4N2O3/c1-32-21-9-8-13(22(30)28-11-15-17(24)4-2-5-18(15)25)10-14(21)23(31)29-12-16-19(26)6-3-7-20(16)27/h2-10H,11-12H2,1H3,(H,28,30)(H,29,31). The van der Waals surface area contributed by atoms with E-state index in [1.54, 1.807) is 48.5 Å². The highest BCUT2D eigenvalue weighted by Gasteiger charge is 2.17. The molecular weight excluding hydrogens is 494 g/mol. The SMILES string of the molecule is COc1ccc(C(=O)NCc2c(Cl)cccc2Cl)cc1C(=O)NCc1c(Cl)cccc1Cl. The van der Waals surface area contributed by atoms with E-state index in [1.165, 1.54) is 13.2 Å². The summed E-state index contributed by atoms with van der Waals surface area (Å²) in [7, 11) is 1.44. The zero-order valence-electron chi connectivity index (χ0n) is 16.8. The van der Waals surface area contributed by atoms with Crippen LogP contribution in [0.2, 0.25) is 20.1 Å². The van der Waals surface area contributed by atoms with E-state index in [0.29, 0.717) is 37.0 Å². The predicted octanol–water partition coefficient (Wildman–Crippen LogP) is 6.17. The summed E-state index contributed by atoms with van der Waals surface area (Å²) in [6, 6.07) is 14.8. The number of carbonyl (C=O) groups is 2. The van der Waals surface area contributed by atoms with Gasteiger partial charge in [-0.3, -0.25) is 9.59 Å². The molecule has 0 spiro atoms. The third kappa shape index (κ3) is 5.67. The molecule has 5 nitrogen and oxygen atoms in total. The van der Waals surface area contributed by atoms with Crippen molar-refractivity contribution < 1.29 is 14.3 Å². The molecule has 3 aromatic carbocycles. The van der Waals surface area contributed by atoms with Gasteiger partial charge in [-0.1, -0.05) is 58.5 Å². The average molecular weight is 512 g/mol. The Balaban J connectivity index is 1.75. The Labute approximate surface area is 205 Å². The van der Waals surface area contributed by atoms with Gasteiger partial charge in [0, 0.05) is 49.9 Å². The van der Waals surface area contributed by atoms with Crippen molar-refractivity contribution in [2.75, 3.05) is 7.11 Å². The summed E-state index contributed by atoms with van der Waals surface area (Å²) in [5.41, 5.74) is 1.66. The molecule has 0 radical (unpaired) electrons. The van der Waals surface area contributed by atoms with Gasteiger partial charge >= 0.3 is 0 Å². The first-order valence-corrected chi connectivity index (χ1v) is 10.9. The number of rotatable bonds is 7. The molecule has 0 saturated heterocycles. The Hall–Kier alpha value is -2.44. The number of hydrogen-bond acceptors (Lipinski definition) is 3. The molecule has 0 bridgehead atoms. The summed E-state index contributed by atoms with van der Waals surface area (Å²) in [6.07, 6.45) is 0. The topological polar surface area (TPSA) is 67.4 Å². The third-order valence-corrected chi connectivity index (χ3v) is 6.10. The highest BCUT2D eigenvalue weighted by Crippen LogP contribution is 2.26. The lowest BCUT2D eigenvalue weighted by Crippen LogP contribution is -2.26. The van der Waals surface area contributed by atoms with Crippen molar-refractivity contribution in [3.63, 3.8) is 0 Å². The highest BCUT2D eigenvalue weighted by atomic mass is 35.5. The largest absolute Gasteiger partial charge is 0.496 e. The molecule has 0 fully saturated rings. The van der Waals surface area contributed by atoms with Crippen LogP contribution < -0.4 is 15.4 Å². The van der Waals surface area contributed by atoms with E-state index in [-0.39, 0.29) is 24.2 Å². The fourth-order valence-electron chi connectivity index (χ4n) is 2.96. The molecule has 166 valence electrons. The fourth-order valence-corrected chi connectivity index (χ4v) is 4.03. The van der Waals surface area contributed by atoms with Gasteiger partial charge in [-0.05, 0) is 42.5 Å². The lowest BCUT2D eigenvalue weighted by atomic mass is 10.1. The summed E-state index contributed by atoms with van der Waals surface area (Å²) in [4.78, 5) is 25.5. The molecule has 0 atom stereocenters. The summed E-state index contributed by atoms with van der Waals surface area (Å²) >= 11 is 24.6. The zero-order chi connectivity index (χ0) is 23.3. The van der Waals surface area contributed by atoms with Crippen molar-refractivity contribution in [1.82, 2.24) is 10.6 Å². The van der Waals surface area contributed by atoms with Crippen LogP contribution in [0.15, 0.2) is 54.6 Å². The summed E-state index contributed by atoms with van der Waals surface area (Å²) in [5.74, 6) is -0.521. The van der Waals surface area contributed by atoms with Crippen molar-refractivity contribution in [2.24, 2.45) is 0 Å². The number of ether oxygens (including phenoxy) is 1. The van der Waals surface area contributed by atoms with Crippen LogP contribution in [-0.4, -0.2) is 18.9 Å². The van der Waals surface area contributed by atoms with Crippen LogP contribution in [0.5, 0.6) is 5.75 Å². The second-order valence-corrected chi connectivity index (χ2v) is 8.31. The first kappa shape index (κ1) is 24.2. The Morgan fingerprint density at radius 1 is 0.750 bits per heavy atom. The van der Waals surface area contributed by atoms with E-state index >= 15 is 0 Å². The van der Waals surface area contributed by atoms with Gasteiger partial charge < -0.3 is 15.4 Å². The van der Waals surface area contributed by atoms with Crippen molar-refractivity contribution in [3.8, 4) is 5.75 Å². The lowest BCUT2D eigenvalue weighted by molar-refractivity contribution is 0.0948. The van der Waals surface area contributed by atoms with Gasteiger partial charge in [-0.25, -0.2) is 0 Å². The number of hydrogen-bond donors (Lipinski definition) is 2. The molecule has 0 aliphatic heterocycles. The molecule has 0 aliphatic carbocycles. The molecule has 3 aromatic rings. The van der Waals surface area contributed by atoms with E-state index in [2.05, 4.69) is 10.6 Å². The molecule has 0 saturated carbocycles. The lowest BCUT2D eigenvalue weighted by Gasteiger charge is -2.13. The Morgan fingerprint density at radius 2 is 1.22 bits per heavy atom. The molecule has 9 heteroatoms. The molecule has 0 aliphatic rings. The summed E-state index contributed by atoms with van der Waals surface area (Å²) < 4.78 is 5.28. The zero-order valence-corrected chi connectivity index (χ0v) is 19.9. The maximum Gasteiger partial charge on any atom is 0.255 e. The van der Waals surface area contributed by atoms with Crippen LogP contribution in [0, 0.1) is 0 Å². The number of halogens is 4. The molecule has 0 heterocycles. The van der Waals surface area contributed by atoms with E-state index in [1.807, 2.05) is 0 Å². The molecule has 2 N–H and O–H groups in total. The van der Waals surface area contributed by atoms with Crippen molar-refractivity contribution in [2.45, 2.75) is 13.1 Å². The Kier molecular flexibility index (Phi) is 8.26. The average Bonchev–Trinajstić information content (AvgIpc) is 2.77. The molecule has 0 unspecified atom stereocenters. The van der Waals surface area contributed by atoms with Gasteiger partial charge in [-0.15, -0.1) is 0 Å². The second-order valence-electron chi connectivity index (χ2n) is 6.68. The summed E-state index contributed by atoms with van der Waals surface area (Å²) in [6.45, 7) is 0.248. The second kappa shape index (κ2) is 10.9. The monoisotopic (exact) mass is 510 g/mol. The van der Waals surface area contributed by atoms with Crippen molar-refractivity contribution >= 4 is 58.2 Å². The minimum absolute atomic E-state index is 0.113. The number of amides is 2. The number of carbonyl (C=O) groups excluding carboxylic acids is 2. The van der Waals surface area contributed by atoms with Gasteiger partial charge in [0.25, 0.3) is 11.8 Å². The van der Waals surface area contributed by atoms with Crippen LogP contribution in [0.25, 0.3) is 0 Å². The van der Waals surface area contributed by atoms with Crippen molar-refractivity contribution in [1.29, 1.82) is 0 Å². The number of nitrogens with one attached hydrogen (secondary N) is 2. The highest BCUT2D eigenvalue weighted by molar-refractivity contribution is 6.36. The third-order valence-electron chi connectivity index (χ3n) is 4.68. The van der Waals surface area contributed by atoms with E-state index in [9.17, 15) is 9.59 Å². The maximum absolute atomic E-state index is 12.8. The van der Waals surface area contributed by atoms with Crippen LogP contribution in [0.1, 0.15) is 31.8 Å². The first-order valence-electron chi connectivity index (χ1n) is 9.42. The van der Waals surface area contributed by atoms with E-state index in [4.69, 9.17) is 51.1 Å². The van der Waals surface area contributed by atoms with Gasteiger partial charge in [0.05, 0.1) is 12.7 Å². The molecule has 2 amide bonds. The normalized spacial score (nSPS) is 10.5. The molecule has 3 rings (SSSR count). The smallest absolute Gasteiger partial charge is 0.255 e. The molecular formula is C23H18Cl4N2O3. The van der Waals surface area contributed by atoms with Gasteiger partial charge in [-0.2, -0.15) is 0 Å². The van der Waals surface area contributed by atoms with Crippen LogP contribution in [0.3, 0.4) is 0 Å². The van der Waals surface area contributed by atoms with E-state index in [0.717, 1.165) is 0 Å². The Morgan fingerprint density at radius 3 is 1.69 bits per heavy atom. The van der Waals surface area contributed by atoms with Crippen LogP contribution >= 0.6 is 46.4 Å². The first-order chi connectivity index (χ1) is 15.3. The number of methoxy groups -OCH3 is 1. The molecule has 0 aromatic heterocycles. The van der Waals surface area contributed by atoms with Crippen LogP contribution in [0.4, 0.5) is 0 Å². The summed E-state index contributed by atoms with van der Waals surface area (Å²) in [5, 5.41) is 7.30. The predicted molar refractivity (Wildman–Crippen MR) is 128 cm³/mol. The molecule has 32 heavy (non-hydrogen) atoms. The maximum atomic E-state index is 12.8. The minimum atomic E-state index is -0.443. The van der Waals surface area contributed by atoms with Gasteiger partial charge in [0.2, 0.25) is 0 Å². The van der Waals surface area contributed by atoms with Gasteiger partial charge in [0.1, 0.15) is 5.75 Å². The van der Waals surface area contributed by atoms with Gasteiger partial charge in [0.15, 0.2) is 0 Å². The number of benzene rings is 3.